The van der Waals surface area contributed by atoms with Crippen LogP contribution in [0.15, 0.2) is 85.0 Å². The average molecular weight is 911 g/mol. The summed E-state index contributed by atoms with van der Waals surface area (Å²) >= 11 is 6.51. The number of aromatic nitrogens is 4. The van der Waals surface area contributed by atoms with Gasteiger partial charge in [-0.25, -0.2) is 18.2 Å². The lowest BCUT2D eigenvalue weighted by Gasteiger charge is -2.46. The maximum atomic E-state index is 15.2. The summed E-state index contributed by atoms with van der Waals surface area (Å²) in [7, 11) is 6.14. The summed E-state index contributed by atoms with van der Waals surface area (Å²) in [6.45, 7) is 23.3. The zero-order valence-electron chi connectivity index (χ0n) is 38.7. The van der Waals surface area contributed by atoms with Crippen LogP contribution in [0.3, 0.4) is 0 Å². The Hall–Kier alpha value is -5.21. The first-order valence-electron chi connectivity index (χ1n) is 23.0. The first kappa shape index (κ1) is 45.0. The van der Waals surface area contributed by atoms with Crippen molar-refractivity contribution in [2.24, 2.45) is 18.4 Å². The van der Waals surface area contributed by atoms with Gasteiger partial charge in [0.15, 0.2) is 5.82 Å². The molecule has 3 N–H and O–H groups in total. The number of fused-ring (bicyclic) bond motifs is 3. The lowest BCUT2D eigenvalue weighted by Crippen LogP contribution is -2.53. The molecule has 10 rings (SSSR count). The van der Waals surface area contributed by atoms with Gasteiger partial charge in [0.2, 0.25) is 5.95 Å². The Labute approximate surface area is 386 Å². The molecule has 11 nitrogen and oxygen atoms in total. The number of nitrogens with zero attached hydrogens (tertiary/aromatic N) is 8. The van der Waals surface area contributed by atoms with Crippen molar-refractivity contribution in [3.05, 3.63) is 101 Å². The van der Waals surface area contributed by atoms with Crippen molar-refractivity contribution in [3.8, 4) is 0 Å². The molecule has 3 saturated heterocycles. The van der Waals surface area contributed by atoms with E-state index in [0.29, 0.717) is 42.0 Å². The third-order valence-electron chi connectivity index (χ3n) is 14.9. The molecule has 6 aliphatic rings. The van der Waals surface area contributed by atoms with Gasteiger partial charge >= 0.3 is 0 Å². The molecule has 5 aliphatic heterocycles. The Bertz CT molecular complexity index is 2570. The molecule has 1 saturated carbocycles. The maximum Gasteiger partial charge on any atom is 0.268 e. The standard InChI is InChI=1S/C30H36ClF3N6.C20H27N5/c1-17-20-10-11-30(33,34)25(18-6-7-18)37-24(20)21-14-19(8-9-23(21)39(17)5)36-26-22(31)15-35-27(38-26)40-13-12-29(4,32)28(2,3)16-40;1-14-5-7-17(15(2)21-14)20-18-8-6-16(13-19(18)24(4)22-20)25-11-9-23(3)10-12-25/h8-9,14-15,18,25,37H,1,6-7,10-13,16H2,2-5H3,(H,35,36,38);6,8,13,17,21H,1-2,5,7,9-12H2,3-4H3. The molecule has 0 spiro atoms. The lowest BCUT2D eigenvalue weighted by molar-refractivity contribution is -0.0441. The van der Waals surface area contributed by atoms with Gasteiger partial charge in [-0.2, -0.15) is 10.1 Å². The second kappa shape index (κ2) is 16.9. The SMILES string of the molecule is C=C1C2=C(NC(C3CC3)C(F)(F)CC2)c2cc(Nc3nc(N4CCC(C)(F)C(C)(C)C4)ncc3Cl)ccc2N1C.C=C1CCC(c2nn(C)c3cc(N4CCN(C)CC4)ccc23)C(=C)N1. The monoisotopic (exact) mass is 909 g/mol. The van der Waals surface area contributed by atoms with E-state index in [-0.39, 0.29) is 24.7 Å². The molecule has 346 valence electrons. The quantitative estimate of drug-likeness (QED) is 0.174. The zero-order chi connectivity index (χ0) is 46.2. The molecule has 0 bridgehead atoms. The Balaban J connectivity index is 0.000000182. The van der Waals surface area contributed by atoms with Crippen molar-refractivity contribution in [1.82, 2.24) is 35.3 Å². The molecule has 7 heterocycles. The van der Waals surface area contributed by atoms with Gasteiger partial charge in [-0.1, -0.05) is 45.2 Å². The fourth-order valence-corrected chi connectivity index (χ4v) is 10.2. The fourth-order valence-electron chi connectivity index (χ4n) is 10.1. The number of rotatable bonds is 6. The number of aryl methyl sites for hydroxylation is 1. The second-order valence-electron chi connectivity index (χ2n) is 19.9. The number of halogens is 4. The molecular formula is C50H63ClF3N11. The number of nitrogens with one attached hydrogen (secondary N) is 3. The highest BCUT2D eigenvalue weighted by Gasteiger charge is 2.51. The van der Waals surface area contributed by atoms with E-state index in [1.165, 1.54) is 16.6 Å². The Kier molecular flexibility index (Phi) is 11.7. The highest BCUT2D eigenvalue weighted by Crippen LogP contribution is 2.49. The highest BCUT2D eigenvalue weighted by atomic mass is 35.5. The van der Waals surface area contributed by atoms with Gasteiger partial charge in [-0.15, -0.1) is 0 Å². The summed E-state index contributed by atoms with van der Waals surface area (Å²) in [6, 6.07) is 11.7. The molecular weight excluding hydrogens is 847 g/mol. The topological polar surface area (TPSA) is 92.7 Å². The van der Waals surface area contributed by atoms with E-state index in [9.17, 15) is 0 Å². The van der Waals surface area contributed by atoms with Crippen LogP contribution in [0, 0.1) is 11.3 Å². The van der Waals surface area contributed by atoms with Gasteiger partial charge in [-0.05, 0) is 100 Å². The largest absolute Gasteiger partial charge is 0.375 e. The van der Waals surface area contributed by atoms with Gasteiger partial charge < -0.3 is 35.6 Å². The summed E-state index contributed by atoms with van der Waals surface area (Å²) in [4.78, 5) is 17.9. The van der Waals surface area contributed by atoms with Crippen molar-refractivity contribution in [1.29, 1.82) is 0 Å². The molecule has 2 aromatic carbocycles. The predicted molar refractivity (Wildman–Crippen MR) is 259 cm³/mol. The molecule has 2 aromatic heterocycles. The maximum absolute atomic E-state index is 15.2. The van der Waals surface area contributed by atoms with Gasteiger partial charge in [0.05, 0.1) is 29.1 Å². The number of benzene rings is 2. The molecule has 3 unspecified atom stereocenters. The van der Waals surface area contributed by atoms with Crippen LogP contribution in [0.4, 0.5) is 42.0 Å². The number of piperazine rings is 1. The Morgan fingerprint density at radius 2 is 1.63 bits per heavy atom. The summed E-state index contributed by atoms with van der Waals surface area (Å²) in [5.74, 6) is -1.65. The van der Waals surface area contributed by atoms with E-state index in [1.807, 2.05) is 60.6 Å². The predicted octanol–water partition coefficient (Wildman–Crippen LogP) is 10.1. The van der Waals surface area contributed by atoms with Crippen molar-refractivity contribution in [2.75, 3.05) is 73.4 Å². The van der Waals surface area contributed by atoms with E-state index >= 15 is 13.2 Å². The van der Waals surface area contributed by atoms with Crippen LogP contribution in [0.25, 0.3) is 16.6 Å². The smallest absolute Gasteiger partial charge is 0.268 e. The molecule has 0 amide bonds. The van der Waals surface area contributed by atoms with Crippen LogP contribution in [-0.4, -0.2) is 95.6 Å². The minimum absolute atomic E-state index is 0.0206. The van der Waals surface area contributed by atoms with Crippen LogP contribution in [-0.2, 0) is 7.05 Å². The van der Waals surface area contributed by atoms with Crippen molar-refractivity contribution in [2.45, 2.75) is 89.3 Å². The van der Waals surface area contributed by atoms with Gasteiger partial charge in [0.25, 0.3) is 5.92 Å². The Morgan fingerprint density at radius 1 is 0.877 bits per heavy atom. The minimum Gasteiger partial charge on any atom is -0.375 e. The fraction of sp³-hybridized carbons (Fsp3) is 0.500. The zero-order valence-corrected chi connectivity index (χ0v) is 39.4. The van der Waals surface area contributed by atoms with Crippen LogP contribution >= 0.6 is 11.6 Å². The molecule has 0 radical (unpaired) electrons. The number of piperidine rings is 2. The van der Waals surface area contributed by atoms with Crippen molar-refractivity contribution >= 4 is 57.0 Å². The van der Waals surface area contributed by atoms with Crippen LogP contribution in [0.2, 0.25) is 5.02 Å². The van der Waals surface area contributed by atoms with E-state index in [2.05, 4.69) is 75.7 Å². The summed E-state index contributed by atoms with van der Waals surface area (Å²) in [5.41, 5.74) is 8.58. The van der Waals surface area contributed by atoms with E-state index in [1.54, 1.807) is 13.1 Å². The number of hydrogen-bond acceptors (Lipinski definition) is 10. The van der Waals surface area contributed by atoms with E-state index in [0.717, 1.165) is 97.2 Å². The van der Waals surface area contributed by atoms with E-state index in [4.69, 9.17) is 21.7 Å². The molecule has 4 fully saturated rings. The Morgan fingerprint density at radius 3 is 2.34 bits per heavy atom. The third-order valence-corrected chi connectivity index (χ3v) is 15.2. The van der Waals surface area contributed by atoms with Crippen LogP contribution < -0.4 is 30.7 Å². The first-order valence-corrected chi connectivity index (χ1v) is 23.4. The molecule has 15 heteroatoms. The van der Waals surface area contributed by atoms with Crippen molar-refractivity contribution < 1.29 is 13.2 Å². The minimum atomic E-state index is -2.79. The average Bonchev–Trinajstić information content (AvgIpc) is 4.07. The lowest BCUT2D eigenvalue weighted by atomic mass is 9.72. The van der Waals surface area contributed by atoms with Gasteiger partial charge in [0.1, 0.15) is 10.7 Å². The normalized spacial score (nSPS) is 25.6. The molecule has 3 atom stereocenters. The van der Waals surface area contributed by atoms with Gasteiger partial charge in [0, 0.05) is 116 Å². The summed E-state index contributed by atoms with van der Waals surface area (Å²) in [5, 5.41) is 16.3. The number of allylic oxidation sites excluding steroid dienone is 3. The molecule has 4 aromatic rings. The molecule has 65 heavy (non-hydrogen) atoms. The number of likely N-dealkylation sites (N-methyl/N-ethyl adjacent to an activating group) is 2. The van der Waals surface area contributed by atoms with Gasteiger partial charge in [-0.3, -0.25) is 4.68 Å². The molecule has 1 aliphatic carbocycles. The summed E-state index contributed by atoms with van der Waals surface area (Å²) in [6.07, 6.45) is 5.62. The number of hydrogen-bond donors (Lipinski definition) is 3. The highest BCUT2D eigenvalue weighted by molar-refractivity contribution is 6.33. The summed E-state index contributed by atoms with van der Waals surface area (Å²) < 4.78 is 47.4. The first-order chi connectivity index (χ1) is 30.8. The van der Waals surface area contributed by atoms with E-state index < -0.39 is 23.0 Å². The van der Waals surface area contributed by atoms with Crippen LogP contribution in [0.1, 0.15) is 82.9 Å². The number of anilines is 5. The third kappa shape index (κ3) is 8.68. The van der Waals surface area contributed by atoms with Crippen LogP contribution in [0.5, 0.6) is 0 Å². The van der Waals surface area contributed by atoms with Crippen molar-refractivity contribution in [3.63, 3.8) is 0 Å². The second-order valence-corrected chi connectivity index (χ2v) is 20.3. The number of alkyl halides is 3.